The molecule has 1 unspecified atom stereocenters. The fraction of sp³-hybridized carbons (Fsp3) is 0.400. The molecule has 2 aliphatic rings. The van der Waals surface area contributed by atoms with Crippen molar-refractivity contribution in [3.63, 3.8) is 0 Å². The van der Waals surface area contributed by atoms with Crippen molar-refractivity contribution in [2.75, 3.05) is 38.8 Å². The van der Waals surface area contributed by atoms with Gasteiger partial charge in [0.05, 0.1) is 19.8 Å². The van der Waals surface area contributed by atoms with E-state index in [0.29, 0.717) is 23.1 Å². The van der Waals surface area contributed by atoms with Crippen molar-refractivity contribution in [2.45, 2.75) is 18.9 Å². The molecule has 0 spiro atoms. The van der Waals surface area contributed by atoms with Gasteiger partial charge < -0.3 is 19.7 Å². The summed E-state index contributed by atoms with van der Waals surface area (Å²) >= 11 is 0. The summed E-state index contributed by atoms with van der Waals surface area (Å²) in [4.78, 5) is 2.49. The lowest BCUT2D eigenvalue weighted by Crippen LogP contribution is -2.32. The first-order valence-electron chi connectivity index (χ1n) is 8.73. The Morgan fingerprint density at radius 2 is 2.00 bits per heavy atom. The Bertz CT molecular complexity index is 794. The molecule has 2 aromatic carbocycles. The van der Waals surface area contributed by atoms with Crippen LogP contribution in [0.3, 0.4) is 0 Å². The van der Waals surface area contributed by atoms with E-state index in [1.54, 1.807) is 13.2 Å². The van der Waals surface area contributed by atoms with Gasteiger partial charge in [0.2, 0.25) is 0 Å². The Labute approximate surface area is 147 Å². The zero-order valence-corrected chi connectivity index (χ0v) is 14.6. The molecule has 132 valence electrons. The van der Waals surface area contributed by atoms with Crippen LogP contribution in [0.2, 0.25) is 0 Å². The number of nitrogens with one attached hydrogen (secondary N) is 1. The lowest BCUT2D eigenvalue weighted by molar-refractivity contribution is 0.390. The Kier molecular flexibility index (Phi) is 4.25. The molecule has 0 aromatic heterocycles. The lowest BCUT2D eigenvalue weighted by Gasteiger charge is -2.24. The summed E-state index contributed by atoms with van der Waals surface area (Å²) in [5.74, 6) is 0.626. The highest BCUT2D eigenvalue weighted by atomic mass is 19.1. The van der Waals surface area contributed by atoms with Crippen LogP contribution in [0.4, 0.5) is 10.1 Å². The van der Waals surface area contributed by atoms with E-state index in [2.05, 4.69) is 22.3 Å². The molecule has 0 radical (unpaired) electrons. The average Bonchev–Trinajstić information content (AvgIpc) is 2.80. The fourth-order valence-electron chi connectivity index (χ4n) is 4.02. The average molecular weight is 342 g/mol. The van der Waals surface area contributed by atoms with E-state index in [1.165, 1.54) is 24.4 Å². The SMILES string of the molecule is COc1cc(F)c(-c2ccc3c(c2)CC2CCNCCN32)c(OC)c1. The minimum absolute atomic E-state index is 0.326. The van der Waals surface area contributed by atoms with E-state index in [-0.39, 0.29) is 5.82 Å². The van der Waals surface area contributed by atoms with Gasteiger partial charge in [-0.25, -0.2) is 4.39 Å². The number of hydrogen-bond donors (Lipinski definition) is 1. The van der Waals surface area contributed by atoms with Crippen LogP contribution in [0, 0.1) is 5.82 Å². The molecule has 1 N–H and O–H groups in total. The van der Waals surface area contributed by atoms with Gasteiger partial charge in [0.25, 0.3) is 0 Å². The van der Waals surface area contributed by atoms with Crippen LogP contribution < -0.4 is 19.7 Å². The number of nitrogens with zero attached hydrogens (tertiary/aromatic N) is 1. The van der Waals surface area contributed by atoms with Crippen molar-refractivity contribution in [3.05, 3.63) is 41.7 Å². The smallest absolute Gasteiger partial charge is 0.138 e. The maximum absolute atomic E-state index is 14.7. The predicted octanol–water partition coefficient (Wildman–Crippen LogP) is 3.23. The van der Waals surface area contributed by atoms with Gasteiger partial charge >= 0.3 is 0 Å². The number of methoxy groups -OCH3 is 2. The summed E-state index contributed by atoms with van der Waals surface area (Å²) in [5, 5.41) is 3.46. The number of fused-ring (bicyclic) bond motifs is 3. The molecule has 0 aliphatic carbocycles. The molecule has 2 aromatic rings. The van der Waals surface area contributed by atoms with Gasteiger partial charge in [-0.1, -0.05) is 6.07 Å². The second kappa shape index (κ2) is 6.56. The Balaban J connectivity index is 1.75. The van der Waals surface area contributed by atoms with Crippen molar-refractivity contribution < 1.29 is 13.9 Å². The first-order chi connectivity index (χ1) is 12.2. The highest BCUT2D eigenvalue weighted by Crippen LogP contribution is 2.41. The van der Waals surface area contributed by atoms with Crippen molar-refractivity contribution in [3.8, 4) is 22.6 Å². The van der Waals surface area contributed by atoms with E-state index in [4.69, 9.17) is 9.47 Å². The monoisotopic (exact) mass is 342 g/mol. The molecule has 1 atom stereocenters. The highest BCUT2D eigenvalue weighted by molar-refractivity contribution is 5.76. The Morgan fingerprint density at radius 3 is 2.80 bits per heavy atom. The molecular weight excluding hydrogens is 319 g/mol. The first kappa shape index (κ1) is 16.2. The van der Waals surface area contributed by atoms with Crippen molar-refractivity contribution in [2.24, 2.45) is 0 Å². The van der Waals surface area contributed by atoms with Gasteiger partial charge in [0.1, 0.15) is 17.3 Å². The second-order valence-corrected chi connectivity index (χ2v) is 6.62. The number of hydrogen-bond acceptors (Lipinski definition) is 4. The third-order valence-electron chi connectivity index (χ3n) is 5.24. The van der Waals surface area contributed by atoms with Crippen LogP contribution in [-0.2, 0) is 6.42 Å². The number of ether oxygens (including phenoxy) is 2. The normalized spacial score (nSPS) is 19.2. The molecule has 2 aliphatic heterocycles. The number of anilines is 1. The van der Waals surface area contributed by atoms with E-state index in [9.17, 15) is 4.39 Å². The summed E-state index contributed by atoms with van der Waals surface area (Å²) in [6.45, 7) is 3.10. The first-order valence-corrected chi connectivity index (χ1v) is 8.73. The minimum atomic E-state index is -0.326. The summed E-state index contributed by atoms with van der Waals surface area (Å²) in [5.41, 5.74) is 3.92. The molecule has 4 rings (SSSR count). The van der Waals surface area contributed by atoms with Crippen LogP contribution in [0.5, 0.6) is 11.5 Å². The zero-order chi connectivity index (χ0) is 17.4. The number of rotatable bonds is 3. The molecule has 0 saturated carbocycles. The molecular formula is C20H23FN2O2. The topological polar surface area (TPSA) is 33.7 Å². The van der Waals surface area contributed by atoms with Crippen molar-refractivity contribution >= 4 is 5.69 Å². The minimum Gasteiger partial charge on any atom is -0.497 e. The zero-order valence-electron chi connectivity index (χ0n) is 14.6. The van der Waals surface area contributed by atoms with E-state index in [0.717, 1.165) is 38.0 Å². The van der Waals surface area contributed by atoms with Crippen molar-refractivity contribution in [1.29, 1.82) is 0 Å². The molecule has 2 heterocycles. The summed E-state index contributed by atoms with van der Waals surface area (Å²) in [7, 11) is 3.08. The number of halogens is 1. The molecule has 4 nitrogen and oxygen atoms in total. The fourth-order valence-corrected chi connectivity index (χ4v) is 4.02. The summed E-state index contributed by atoms with van der Waals surface area (Å²) in [6.07, 6.45) is 2.16. The third kappa shape index (κ3) is 2.82. The van der Waals surface area contributed by atoms with Gasteiger partial charge in [-0.2, -0.15) is 0 Å². The van der Waals surface area contributed by atoms with E-state index < -0.39 is 0 Å². The molecule has 5 heteroatoms. The van der Waals surface area contributed by atoms with Gasteiger partial charge in [-0.05, 0) is 42.6 Å². The maximum atomic E-state index is 14.7. The van der Waals surface area contributed by atoms with Gasteiger partial charge in [0.15, 0.2) is 0 Å². The molecule has 0 bridgehead atoms. The maximum Gasteiger partial charge on any atom is 0.138 e. The molecule has 1 fully saturated rings. The standard InChI is InChI=1S/C20H23FN2O2/c1-24-16-11-17(21)20(19(12-16)25-2)13-3-4-18-14(9-13)10-15-5-6-22-7-8-23(15)18/h3-4,9,11-12,15,22H,5-8,10H2,1-2H3. The van der Waals surface area contributed by atoms with Crippen LogP contribution >= 0.6 is 0 Å². The van der Waals surface area contributed by atoms with Crippen LogP contribution in [-0.4, -0.2) is 39.9 Å². The van der Waals surface area contributed by atoms with Crippen LogP contribution in [0.1, 0.15) is 12.0 Å². The predicted molar refractivity (Wildman–Crippen MR) is 97.3 cm³/mol. The van der Waals surface area contributed by atoms with Gasteiger partial charge in [-0.15, -0.1) is 0 Å². The quantitative estimate of drug-likeness (QED) is 0.929. The summed E-state index contributed by atoms with van der Waals surface area (Å²) in [6, 6.07) is 9.91. The van der Waals surface area contributed by atoms with Crippen LogP contribution in [0.25, 0.3) is 11.1 Å². The Hall–Kier alpha value is -2.27. The lowest BCUT2D eigenvalue weighted by atomic mass is 9.99. The van der Waals surface area contributed by atoms with E-state index in [1.807, 2.05) is 6.07 Å². The highest BCUT2D eigenvalue weighted by Gasteiger charge is 2.30. The molecule has 0 amide bonds. The van der Waals surface area contributed by atoms with Gasteiger partial charge in [-0.3, -0.25) is 0 Å². The number of benzene rings is 2. The largest absolute Gasteiger partial charge is 0.497 e. The van der Waals surface area contributed by atoms with Crippen molar-refractivity contribution in [1.82, 2.24) is 5.32 Å². The molecule has 25 heavy (non-hydrogen) atoms. The second-order valence-electron chi connectivity index (χ2n) is 6.62. The Morgan fingerprint density at radius 1 is 1.12 bits per heavy atom. The molecule has 1 saturated heterocycles. The van der Waals surface area contributed by atoms with E-state index >= 15 is 0 Å². The van der Waals surface area contributed by atoms with Crippen LogP contribution in [0.15, 0.2) is 30.3 Å². The van der Waals surface area contributed by atoms with Gasteiger partial charge in [0, 0.05) is 37.0 Å². The summed E-state index contributed by atoms with van der Waals surface area (Å²) < 4.78 is 25.3. The third-order valence-corrected chi connectivity index (χ3v) is 5.24.